The van der Waals surface area contributed by atoms with E-state index < -0.39 is 6.04 Å². The molecule has 0 saturated heterocycles. The number of carbonyl (C=O) groups excluding carboxylic acids is 1. The van der Waals surface area contributed by atoms with Crippen LogP contribution in [0.2, 0.25) is 0 Å². The molecule has 0 saturated carbocycles. The predicted molar refractivity (Wildman–Crippen MR) is 86.5 cm³/mol. The number of amides is 1. The van der Waals surface area contributed by atoms with Crippen molar-refractivity contribution < 1.29 is 18.7 Å². The largest absolute Gasteiger partial charge is 0.493 e. The van der Waals surface area contributed by atoms with Gasteiger partial charge in [-0.05, 0) is 25.1 Å². The van der Waals surface area contributed by atoms with Gasteiger partial charge in [0, 0.05) is 12.6 Å². The van der Waals surface area contributed by atoms with Crippen molar-refractivity contribution in [1.82, 2.24) is 4.90 Å². The van der Waals surface area contributed by atoms with E-state index in [2.05, 4.69) is 0 Å². The molecule has 0 radical (unpaired) electrons. The zero-order valence-electron chi connectivity index (χ0n) is 13.7. The van der Waals surface area contributed by atoms with Crippen LogP contribution in [0.4, 0.5) is 4.39 Å². The van der Waals surface area contributed by atoms with Crippen molar-refractivity contribution in [2.24, 2.45) is 0 Å². The van der Waals surface area contributed by atoms with E-state index in [1.54, 1.807) is 50.4 Å². The van der Waals surface area contributed by atoms with Crippen molar-refractivity contribution in [3.05, 3.63) is 59.4 Å². The summed E-state index contributed by atoms with van der Waals surface area (Å²) in [5, 5.41) is 0. The summed E-state index contributed by atoms with van der Waals surface area (Å²) in [7, 11) is 4.63. The van der Waals surface area contributed by atoms with Gasteiger partial charge in [-0.25, -0.2) is 4.39 Å². The Balaban J connectivity index is 2.35. The van der Waals surface area contributed by atoms with E-state index >= 15 is 0 Å². The van der Waals surface area contributed by atoms with Crippen LogP contribution in [0, 0.1) is 5.82 Å². The van der Waals surface area contributed by atoms with E-state index in [4.69, 9.17) is 9.47 Å². The van der Waals surface area contributed by atoms with Crippen molar-refractivity contribution in [2.45, 2.75) is 13.0 Å². The molecule has 0 aromatic heterocycles. The maximum atomic E-state index is 13.9. The number of carbonyl (C=O) groups is 1. The van der Waals surface area contributed by atoms with Crippen molar-refractivity contribution in [1.29, 1.82) is 0 Å². The van der Waals surface area contributed by atoms with Gasteiger partial charge in [0.1, 0.15) is 5.82 Å². The Bertz CT molecular complexity index is 702. The van der Waals surface area contributed by atoms with Crippen LogP contribution >= 0.6 is 0 Å². The van der Waals surface area contributed by atoms with Crippen LogP contribution < -0.4 is 9.47 Å². The Morgan fingerprint density at radius 1 is 1.09 bits per heavy atom. The molecule has 0 aliphatic heterocycles. The third-order valence-corrected chi connectivity index (χ3v) is 3.89. The van der Waals surface area contributed by atoms with Crippen LogP contribution in [0.3, 0.4) is 0 Å². The second kappa shape index (κ2) is 7.13. The molecule has 0 bridgehead atoms. The molecule has 5 heteroatoms. The summed E-state index contributed by atoms with van der Waals surface area (Å²) >= 11 is 0. The molecule has 2 rings (SSSR count). The van der Waals surface area contributed by atoms with Gasteiger partial charge < -0.3 is 14.4 Å². The number of para-hydroxylation sites is 1. The van der Waals surface area contributed by atoms with E-state index in [0.717, 1.165) is 0 Å². The smallest absolute Gasteiger partial charge is 0.258 e. The first-order chi connectivity index (χ1) is 11.0. The van der Waals surface area contributed by atoms with Gasteiger partial charge in [0.05, 0.1) is 25.8 Å². The Kier molecular flexibility index (Phi) is 5.21. The molecule has 0 spiro atoms. The molecule has 2 aromatic carbocycles. The lowest BCUT2D eigenvalue weighted by molar-refractivity contribution is 0.0736. The van der Waals surface area contributed by atoms with E-state index in [1.165, 1.54) is 25.2 Å². The van der Waals surface area contributed by atoms with Gasteiger partial charge in [-0.15, -0.1) is 0 Å². The number of methoxy groups -OCH3 is 2. The first-order valence-corrected chi connectivity index (χ1v) is 7.23. The van der Waals surface area contributed by atoms with E-state index in [-0.39, 0.29) is 11.7 Å². The molecule has 0 aliphatic carbocycles. The number of nitrogens with zero attached hydrogens (tertiary/aromatic N) is 1. The minimum Gasteiger partial charge on any atom is -0.493 e. The number of hydrogen-bond donors (Lipinski definition) is 0. The molecule has 1 amide bonds. The standard InChI is InChI=1S/C18H20FNO3/c1-12(13-8-5-6-10-15(13)19)20(2)18(21)14-9-7-11-16(22-3)17(14)23-4/h5-12H,1-4H3. The second-order valence-electron chi connectivity index (χ2n) is 5.15. The Labute approximate surface area is 135 Å². The molecule has 122 valence electrons. The van der Waals surface area contributed by atoms with Gasteiger partial charge in [-0.1, -0.05) is 24.3 Å². The molecule has 0 heterocycles. The van der Waals surface area contributed by atoms with Crippen LogP contribution in [0.5, 0.6) is 11.5 Å². The SMILES string of the molecule is COc1cccc(C(=O)N(C)C(C)c2ccccc2F)c1OC. The quantitative estimate of drug-likeness (QED) is 0.844. The fraction of sp³-hybridized carbons (Fsp3) is 0.278. The number of hydrogen-bond acceptors (Lipinski definition) is 3. The van der Waals surface area contributed by atoms with Crippen molar-refractivity contribution in [3.63, 3.8) is 0 Å². The molecule has 0 aliphatic rings. The summed E-state index contributed by atoms with van der Waals surface area (Å²) in [6.07, 6.45) is 0. The second-order valence-corrected chi connectivity index (χ2v) is 5.15. The Morgan fingerprint density at radius 3 is 2.39 bits per heavy atom. The monoisotopic (exact) mass is 317 g/mol. The first kappa shape index (κ1) is 16.8. The number of benzene rings is 2. The molecule has 0 N–H and O–H groups in total. The van der Waals surface area contributed by atoms with Gasteiger partial charge >= 0.3 is 0 Å². The van der Waals surface area contributed by atoms with E-state index in [0.29, 0.717) is 22.6 Å². The summed E-state index contributed by atoms with van der Waals surface area (Å²) in [6, 6.07) is 11.1. The molecule has 23 heavy (non-hydrogen) atoms. The predicted octanol–water partition coefficient (Wildman–Crippen LogP) is 3.68. The first-order valence-electron chi connectivity index (χ1n) is 7.23. The van der Waals surface area contributed by atoms with Gasteiger partial charge in [0.15, 0.2) is 11.5 Å². The highest BCUT2D eigenvalue weighted by atomic mass is 19.1. The lowest BCUT2D eigenvalue weighted by Crippen LogP contribution is -2.30. The van der Waals surface area contributed by atoms with Gasteiger partial charge in [-0.3, -0.25) is 4.79 Å². The third kappa shape index (κ3) is 3.28. The van der Waals surface area contributed by atoms with Crippen LogP contribution in [-0.4, -0.2) is 32.1 Å². The fourth-order valence-electron chi connectivity index (χ4n) is 2.44. The summed E-state index contributed by atoms with van der Waals surface area (Å²) in [6.45, 7) is 1.78. The topological polar surface area (TPSA) is 38.8 Å². The van der Waals surface area contributed by atoms with Gasteiger partial charge in [-0.2, -0.15) is 0 Å². The summed E-state index contributed by atoms with van der Waals surface area (Å²) < 4.78 is 24.5. The average Bonchev–Trinajstić information content (AvgIpc) is 2.59. The van der Waals surface area contributed by atoms with Crippen LogP contribution in [0.1, 0.15) is 28.9 Å². The molecular weight excluding hydrogens is 297 g/mol. The molecule has 0 fully saturated rings. The Morgan fingerprint density at radius 2 is 1.78 bits per heavy atom. The molecule has 4 nitrogen and oxygen atoms in total. The van der Waals surface area contributed by atoms with Crippen molar-refractivity contribution in [3.8, 4) is 11.5 Å². The van der Waals surface area contributed by atoms with Crippen LogP contribution in [-0.2, 0) is 0 Å². The average molecular weight is 317 g/mol. The summed E-state index contributed by atoms with van der Waals surface area (Å²) in [5.74, 6) is 0.242. The number of ether oxygens (including phenoxy) is 2. The zero-order chi connectivity index (χ0) is 17.0. The van der Waals surface area contributed by atoms with Crippen molar-refractivity contribution >= 4 is 5.91 Å². The summed E-state index contributed by atoms with van der Waals surface area (Å²) in [4.78, 5) is 14.3. The lowest BCUT2D eigenvalue weighted by atomic mass is 10.1. The molecule has 2 aromatic rings. The highest BCUT2D eigenvalue weighted by Gasteiger charge is 2.24. The van der Waals surface area contributed by atoms with Crippen LogP contribution in [0.25, 0.3) is 0 Å². The zero-order valence-corrected chi connectivity index (χ0v) is 13.7. The van der Waals surface area contributed by atoms with Crippen molar-refractivity contribution in [2.75, 3.05) is 21.3 Å². The minimum atomic E-state index is -0.417. The van der Waals surface area contributed by atoms with Crippen LogP contribution in [0.15, 0.2) is 42.5 Å². The van der Waals surface area contributed by atoms with Gasteiger partial charge in [0.25, 0.3) is 5.91 Å². The molecule has 1 unspecified atom stereocenters. The number of rotatable bonds is 5. The summed E-state index contributed by atoms with van der Waals surface area (Å²) in [5.41, 5.74) is 0.836. The number of halogens is 1. The normalized spacial score (nSPS) is 11.7. The highest BCUT2D eigenvalue weighted by molar-refractivity contribution is 5.97. The fourth-order valence-corrected chi connectivity index (χ4v) is 2.44. The third-order valence-electron chi connectivity index (χ3n) is 3.89. The lowest BCUT2D eigenvalue weighted by Gasteiger charge is -2.26. The highest BCUT2D eigenvalue weighted by Crippen LogP contribution is 2.33. The molecule has 1 atom stereocenters. The minimum absolute atomic E-state index is 0.267. The van der Waals surface area contributed by atoms with E-state index in [9.17, 15) is 9.18 Å². The maximum Gasteiger partial charge on any atom is 0.258 e. The molecular formula is C18H20FNO3. The van der Waals surface area contributed by atoms with Gasteiger partial charge in [0.2, 0.25) is 0 Å². The maximum absolute atomic E-state index is 13.9. The van der Waals surface area contributed by atoms with E-state index in [1.807, 2.05) is 0 Å². The Hall–Kier alpha value is -2.56.